The molecule has 0 amide bonds. The minimum atomic E-state index is 0.482. The number of anilines is 1. The summed E-state index contributed by atoms with van der Waals surface area (Å²) in [5.74, 6) is 1.65. The number of ether oxygens (including phenoxy) is 2. The number of benzene rings is 3. The molecule has 0 aliphatic carbocycles. The molecule has 0 unspecified atom stereocenters. The van der Waals surface area contributed by atoms with Crippen molar-refractivity contribution in [1.82, 2.24) is 0 Å². The van der Waals surface area contributed by atoms with E-state index in [0.717, 1.165) is 22.7 Å². The van der Waals surface area contributed by atoms with E-state index in [4.69, 9.17) is 32.7 Å². The zero-order valence-electron chi connectivity index (χ0n) is 14.1. The maximum Gasteiger partial charge on any atom is 0.122 e. The largest absolute Gasteiger partial charge is 0.490 e. The maximum absolute atomic E-state index is 6.02. The smallest absolute Gasteiger partial charge is 0.122 e. The molecular formula is C21H19Cl2NO2. The quantitative estimate of drug-likeness (QED) is 0.476. The minimum absolute atomic E-state index is 0.482. The first kappa shape index (κ1) is 18.4. The molecule has 3 rings (SSSR count). The van der Waals surface area contributed by atoms with Crippen LogP contribution in [0.4, 0.5) is 5.69 Å². The van der Waals surface area contributed by atoms with Crippen molar-refractivity contribution in [2.75, 3.05) is 18.5 Å². The van der Waals surface area contributed by atoms with Gasteiger partial charge in [0.15, 0.2) is 0 Å². The SMILES string of the molecule is Clc1cc(Cl)cc(NCc2cccc(OCCOc3ccccc3)c2)c1. The second kappa shape index (κ2) is 9.37. The molecule has 3 aromatic carbocycles. The van der Waals surface area contributed by atoms with E-state index >= 15 is 0 Å². The van der Waals surface area contributed by atoms with E-state index in [1.807, 2.05) is 66.7 Å². The standard InChI is InChI=1S/C21H19Cl2NO2/c22-17-12-18(23)14-19(13-17)24-15-16-5-4-8-21(11-16)26-10-9-25-20-6-2-1-3-7-20/h1-8,11-14,24H,9-10,15H2. The number of nitrogens with one attached hydrogen (secondary N) is 1. The van der Waals surface area contributed by atoms with Crippen LogP contribution in [0.3, 0.4) is 0 Å². The van der Waals surface area contributed by atoms with Gasteiger partial charge in [-0.05, 0) is 48.0 Å². The predicted molar refractivity (Wildman–Crippen MR) is 108 cm³/mol. The van der Waals surface area contributed by atoms with Gasteiger partial charge < -0.3 is 14.8 Å². The van der Waals surface area contributed by atoms with Crippen molar-refractivity contribution in [3.05, 3.63) is 88.4 Å². The summed E-state index contributed by atoms with van der Waals surface area (Å²) in [7, 11) is 0. The van der Waals surface area contributed by atoms with Gasteiger partial charge in [-0.2, -0.15) is 0 Å². The van der Waals surface area contributed by atoms with E-state index in [0.29, 0.717) is 29.8 Å². The predicted octanol–water partition coefficient (Wildman–Crippen LogP) is 6.06. The lowest BCUT2D eigenvalue weighted by Crippen LogP contribution is -2.09. The number of rotatable bonds is 8. The molecule has 1 N–H and O–H groups in total. The molecule has 26 heavy (non-hydrogen) atoms. The fourth-order valence-electron chi connectivity index (χ4n) is 2.44. The van der Waals surface area contributed by atoms with Crippen molar-refractivity contribution in [3.63, 3.8) is 0 Å². The summed E-state index contributed by atoms with van der Waals surface area (Å²) in [6, 6.07) is 23.0. The van der Waals surface area contributed by atoms with Crippen LogP contribution in [0.1, 0.15) is 5.56 Å². The van der Waals surface area contributed by atoms with Crippen molar-refractivity contribution >= 4 is 28.9 Å². The molecule has 3 aromatic rings. The van der Waals surface area contributed by atoms with Gasteiger partial charge >= 0.3 is 0 Å². The number of halogens is 2. The molecule has 0 aliphatic heterocycles. The molecule has 0 saturated carbocycles. The summed E-state index contributed by atoms with van der Waals surface area (Å²) in [5.41, 5.74) is 1.98. The molecule has 5 heteroatoms. The van der Waals surface area contributed by atoms with Crippen molar-refractivity contribution in [2.24, 2.45) is 0 Å². The monoisotopic (exact) mass is 387 g/mol. The molecule has 0 spiro atoms. The average Bonchev–Trinajstić information content (AvgIpc) is 2.64. The highest BCUT2D eigenvalue weighted by Crippen LogP contribution is 2.23. The fourth-order valence-corrected chi connectivity index (χ4v) is 2.97. The van der Waals surface area contributed by atoms with Crippen molar-refractivity contribution in [3.8, 4) is 11.5 Å². The Balaban J connectivity index is 1.48. The lowest BCUT2D eigenvalue weighted by molar-refractivity contribution is 0.217. The van der Waals surface area contributed by atoms with Crippen LogP contribution in [-0.4, -0.2) is 13.2 Å². The Morgan fingerprint density at radius 3 is 2.08 bits per heavy atom. The molecule has 0 bridgehead atoms. The first-order valence-electron chi connectivity index (χ1n) is 8.28. The van der Waals surface area contributed by atoms with Gasteiger partial charge in [-0.3, -0.25) is 0 Å². The van der Waals surface area contributed by atoms with Crippen molar-refractivity contribution in [2.45, 2.75) is 6.54 Å². The van der Waals surface area contributed by atoms with Gasteiger partial charge in [0.05, 0.1) is 0 Å². The van der Waals surface area contributed by atoms with E-state index in [2.05, 4.69) is 5.32 Å². The Morgan fingerprint density at radius 2 is 1.35 bits per heavy atom. The third-order valence-electron chi connectivity index (χ3n) is 3.62. The summed E-state index contributed by atoms with van der Waals surface area (Å²) in [6.45, 7) is 1.62. The Hall–Kier alpha value is -2.36. The van der Waals surface area contributed by atoms with Gasteiger partial charge in [0.25, 0.3) is 0 Å². The van der Waals surface area contributed by atoms with E-state index in [9.17, 15) is 0 Å². The number of hydrogen-bond acceptors (Lipinski definition) is 3. The molecule has 3 nitrogen and oxygen atoms in total. The van der Waals surface area contributed by atoms with E-state index < -0.39 is 0 Å². The topological polar surface area (TPSA) is 30.5 Å². The molecule has 0 fully saturated rings. The summed E-state index contributed by atoms with van der Waals surface area (Å²) >= 11 is 12.0. The van der Waals surface area contributed by atoms with Crippen LogP contribution in [0, 0.1) is 0 Å². The second-order valence-electron chi connectivity index (χ2n) is 5.67. The first-order chi connectivity index (χ1) is 12.7. The van der Waals surface area contributed by atoms with Gasteiger partial charge in [0.1, 0.15) is 24.7 Å². The van der Waals surface area contributed by atoms with Crippen LogP contribution >= 0.6 is 23.2 Å². The summed E-state index contributed by atoms with van der Waals surface area (Å²) in [6.07, 6.45) is 0. The molecule has 0 heterocycles. The van der Waals surface area contributed by atoms with Crippen LogP contribution in [0.2, 0.25) is 10.0 Å². The summed E-state index contributed by atoms with van der Waals surface area (Å²) in [5, 5.41) is 4.52. The van der Waals surface area contributed by atoms with E-state index in [1.165, 1.54) is 0 Å². The molecular weight excluding hydrogens is 369 g/mol. The zero-order valence-corrected chi connectivity index (χ0v) is 15.6. The minimum Gasteiger partial charge on any atom is -0.490 e. The highest BCUT2D eigenvalue weighted by atomic mass is 35.5. The van der Waals surface area contributed by atoms with Gasteiger partial charge in [-0.1, -0.05) is 53.5 Å². The van der Waals surface area contributed by atoms with E-state index in [-0.39, 0.29) is 0 Å². The molecule has 0 radical (unpaired) electrons. The first-order valence-corrected chi connectivity index (χ1v) is 9.04. The van der Waals surface area contributed by atoms with Gasteiger partial charge in [-0.15, -0.1) is 0 Å². The highest BCUT2D eigenvalue weighted by molar-refractivity contribution is 6.35. The van der Waals surface area contributed by atoms with Crippen molar-refractivity contribution < 1.29 is 9.47 Å². The lowest BCUT2D eigenvalue weighted by atomic mass is 10.2. The highest BCUT2D eigenvalue weighted by Gasteiger charge is 2.01. The second-order valence-corrected chi connectivity index (χ2v) is 6.54. The molecule has 0 aromatic heterocycles. The van der Waals surface area contributed by atoms with Crippen LogP contribution in [-0.2, 0) is 6.54 Å². The fraction of sp³-hybridized carbons (Fsp3) is 0.143. The maximum atomic E-state index is 6.02. The number of para-hydroxylation sites is 1. The van der Waals surface area contributed by atoms with Crippen molar-refractivity contribution in [1.29, 1.82) is 0 Å². The van der Waals surface area contributed by atoms with Crippen LogP contribution in [0.25, 0.3) is 0 Å². The normalized spacial score (nSPS) is 10.4. The molecule has 0 atom stereocenters. The molecule has 0 aliphatic rings. The summed E-state index contributed by atoms with van der Waals surface area (Å²) < 4.78 is 11.4. The Bertz CT molecular complexity index is 820. The van der Waals surface area contributed by atoms with Crippen LogP contribution in [0.5, 0.6) is 11.5 Å². The number of hydrogen-bond donors (Lipinski definition) is 1. The van der Waals surface area contributed by atoms with Gasteiger partial charge in [0, 0.05) is 22.3 Å². The third-order valence-corrected chi connectivity index (χ3v) is 4.06. The molecule has 0 saturated heterocycles. The van der Waals surface area contributed by atoms with Crippen LogP contribution in [0.15, 0.2) is 72.8 Å². The molecule has 134 valence electrons. The Labute approximate surface area is 163 Å². The Morgan fingerprint density at radius 1 is 0.692 bits per heavy atom. The third kappa shape index (κ3) is 5.87. The van der Waals surface area contributed by atoms with Crippen LogP contribution < -0.4 is 14.8 Å². The zero-order chi connectivity index (χ0) is 18.2. The Kier molecular flexibility index (Phi) is 6.64. The summed E-state index contributed by atoms with van der Waals surface area (Å²) in [4.78, 5) is 0. The average molecular weight is 388 g/mol. The van der Waals surface area contributed by atoms with Gasteiger partial charge in [-0.25, -0.2) is 0 Å². The van der Waals surface area contributed by atoms with Gasteiger partial charge in [0.2, 0.25) is 0 Å². The lowest BCUT2D eigenvalue weighted by Gasteiger charge is -2.11. The van der Waals surface area contributed by atoms with E-state index in [1.54, 1.807) is 6.07 Å².